The maximum Gasteiger partial charge on any atom is 0.338 e. The predicted octanol–water partition coefficient (Wildman–Crippen LogP) is 3.36. The van der Waals surface area contributed by atoms with Gasteiger partial charge in [0.2, 0.25) is 5.91 Å². The Morgan fingerprint density at radius 3 is 2.72 bits per heavy atom. The summed E-state index contributed by atoms with van der Waals surface area (Å²) < 4.78 is 10.5. The molecule has 2 heterocycles. The van der Waals surface area contributed by atoms with Gasteiger partial charge in [-0.2, -0.15) is 0 Å². The molecule has 1 unspecified atom stereocenters. The maximum absolute atomic E-state index is 12.8. The number of amides is 1. The average molecular weight is 416 g/mol. The van der Waals surface area contributed by atoms with E-state index in [2.05, 4.69) is 5.32 Å². The number of allylic oxidation sites excluding steroid dienone is 1. The van der Waals surface area contributed by atoms with Crippen molar-refractivity contribution in [3.8, 4) is 5.75 Å². The number of carbonyl (C=O) groups is 2. The van der Waals surface area contributed by atoms with Gasteiger partial charge >= 0.3 is 5.97 Å². The number of amidine groups is 1. The number of ether oxygens (including phenoxy) is 2. The van der Waals surface area contributed by atoms with Crippen molar-refractivity contribution in [3.05, 3.63) is 52.2 Å². The summed E-state index contributed by atoms with van der Waals surface area (Å²) in [4.78, 5) is 31.7. The van der Waals surface area contributed by atoms with Crippen LogP contribution in [0, 0.1) is 0 Å². The zero-order valence-electron chi connectivity index (χ0n) is 17.0. The number of nitrogens with zero attached hydrogens (tertiary/aromatic N) is 2. The Balaban J connectivity index is 2.11. The molecule has 29 heavy (non-hydrogen) atoms. The van der Waals surface area contributed by atoms with Crippen molar-refractivity contribution in [3.63, 3.8) is 0 Å². The minimum absolute atomic E-state index is 0.0742. The van der Waals surface area contributed by atoms with Gasteiger partial charge in [0.1, 0.15) is 5.75 Å². The molecule has 0 spiro atoms. The monoisotopic (exact) mass is 415 g/mol. The van der Waals surface area contributed by atoms with Crippen LogP contribution >= 0.6 is 11.8 Å². The molecule has 2 aliphatic rings. The van der Waals surface area contributed by atoms with Gasteiger partial charge in [0.05, 0.1) is 38.0 Å². The van der Waals surface area contributed by atoms with Gasteiger partial charge in [0, 0.05) is 12.2 Å². The molecule has 154 valence electrons. The molecule has 0 aliphatic carbocycles. The normalized spacial score (nSPS) is 18.1. The van der Waals surface area contributed by atoms with E-state index >= 15 is 0 Å². The summed E-state index contributed by atoms with van der Waals surface area (Å²) in [5.41, 5.74) is 2.84. The van der Waals surface area contributed by atoms with Crippen molar-refractivity contribution >= 4 is 28.8 Å². The second-order valence-corrected chi connectivity index (χ2v) is 7.34. The van der Waals surface area contributed by atoms with Crippen molar-refractivity contribution < 1.29 is 19.1 Å². The van der Waals surface area contributed by atoms with Crippen LogP contribution < -0.4 is 10.1 Å². The molecule has 1 aromatic rings. The van der Waals surface area contributed by atoms with Crippen LogP contribution in [-0.2, 0) is 14.3 Å². The maximum atomic E-state index is 12.8. The quantitative estimate of drug-likeness (QED) is 0.688. The van der Waals surface area contributed by atoms with E-state index in [-0.39, 0.29) is 12.3 Å². The molecule has 0 bridgehead atoms. The number of benzene rings is 1. The van der Waals surface area contributed by atoms with E-state index in [1.165, 1.54) is 18.9 Å². The number of thioether (sulfide) groups is 1. The van der Waals surface area contributed by atoms with E-state index < -0.39 is 12.0 Å². The molecule has 8 heteroatoms. The number of nitrogens with one attached hydrogen (secondary N) is 1. The Bertz CT molecular complexity index is 907. The highest BCUT2D eigenvalue weighted by atomic mass is 32.2. The lowest BCUT2D eigenvalue weighted by atomic mass is 9.92. The molecular weight excluding hydrogens is 390 g/mol. The minimum atomic E-state index is -0.448. The first-order chi connectivity index (χ1) is 14.0. The highest BCUT2D eigenvalue weighted by Crippen LogP contribution is 2.45. The van der Waals surface area contributed by atoms with Crippen molar-refractivity contribution in [2.75, 3.05) is 20.8 Å². The van der Waals surface area contributed by atoms with Gasteiger partial charge in [-0.05, 0) is 36.4 Å². The second-order valence-electron chi connectivity index (χ2n) is 6.51. The lowest BCUT2D eigenvalue weighted by Gasteiger charge is -2.36. The summed E-state index contributed by atoms with van der Waals surface area (Å²) in [5, 5.41) is 5.50. The van der Waals surface area contributed by atoms with Crippen LogP contribution in [0.2, 0.25) is 0 Å². The van der Waals surface area contributed by atoms with E-state index in [0.717, 1.165) is 16.4 Å². The van der Waals surface area contributed by atoms with Crippen LogP contribution in [-0.4, -0.2) is 42.7 Å². The SMILES string of the molecule is CCNC(=O)CC1=CSC2=NC(CC)=C(C(=O)OC)C(c3cccc(OC)c3)N12. The molecular formula is C21H25N3O4S. The number of esters is 1. The Labute approximate surface area is 174 Å². The van der Waals surface area contributed by atoms with Gasteiger partial charge < -0.3 is 19.7 Å². The van der Waals surface area contributed by atoms with Crippen molar-refractivity contribution in [1.29, 1.82) is 0 Å². The number of hydrogen-bond donors (Lipinski definition) is 1. The molecule has 0 saturated carbocycles. The standard InChI is InChI=1S/C21H25N3O4S/c1-5-16-18(20(26)28-4)19(13-8-7-9-15(10-13)27-3)24-14(11-17(25)22-6-2)12-29-21(24)23-16/h7-10,12,19H,5-6,11H2,1-4H3,(H,22,25). The Morgan fingerprint density at radius 1 is 1.28 bits per heavy atom. The second kappa shape index (κ2) is 9.17. The lowest BCUT2D eigenvalue weighted by Crippen LogP contribution is -2.38. The first-order valence-corrected chi connectivity index (χ1v) is 10.4. The van der Waals surface area contributed by atoms with Crippen molar-refractivity contribution in [1.82, 2.24) is 10.2 Å². The van der Waals surface area contributed by atoms with Gasteiger partial charge in [-0.3, -0.25) is 4.79 Å². The van der Waals surface area contributed by atoms with Gasteiger partial charge in [0.15, 0.2) is 5.17 Å². The third kappa shape index (κ3) is 4.17. The highest BCUT2D eigenvalue weighted by Gasteiger charge is 2.41. The van der Waals surface area contributed by atoms with Crippen LogP contribution in [0.25, 0.3) is 0 Å². The van der Waals surface area contributed by atoms with Crippen LogP contribution in [0.3, 0.4) is 0 Å². The summed E-state index contributed by atoms with van der Waals surface area (Å²) in [7, 11) is 2.97. The van der Waals surface area contributed by atoms with Crippen LogP contribution in [0.1, 0.15) is 38.3 Å². The number of carbonyl (C=O) groups excluding carboxylic acids is 2. The highest BCUT2D eigenvalue weighted by molar-refractivity contribution is 8.16. The first-order valence-electron chi connectivity index (χ1n) is 9.49. The minimum Gasteiger partial charge on any atom is -0.497 e. The fourth-order valence-electron chi connectivity index (χ4n) is 3.46. The van der Waals surface area contributed by atoms with Crippen molar-refractivity contribution in [2.24, 2.45) is 4.99 Å². The van der Waals surface area contributed by atoms with Gasteiger partial charge in [-0.1, -0.05) is 30.8 Å². The molecule has 1 amide bonds. The number of methoxy groups -OCH3 is 2. The third-order valence-electron chi connectivity index (χ3n) is 4.75. The Kier molecular flexibility index (Phi) is 6.64. The molecule has 1 N–H and O–H groups in total. The van der Waals surface area contributed by atoms with E-state index in [4.69, 9.17) is 14.5 Å². The largest absolute Gasteiger partial charge is 0.497 e. The summed E-state index contributed by atoms with van der Waals surface area (Å²) in [6.45, 7) is 4.41. The topological polar surface area (TPSA) is 80.2 Å². The van der Waals surface area contributed by atoms with Crippen LogP contribution in [0.15, 0.2) is 51.6 Å². The van der Waals surface area contributed by atoms with Gasteiger partial charge in [0.25, 0.3) is 0 Å². The fourth-order valence-corrected chi connectivity index (χ4v) is 4.40. The lowest BCUT2D eigenvalue weighted by molar-refractivity contribution is -0.136. The molecule has 0 radical (unpaired) electrons. The molecule has 0 saturated heterocycles. The van der Waals surface area contributed by atoms with E-state index in [9.17, 15) is 9.59 Å². The average Bonchev–Trinajstić information content (AvgIpc) is 3.14. The number of aliphatic imine (C=N–C) groups is 1. The first kappa shape index (κ1) is 21.0. The molecule has 0 aromatic heterocycles. The van der Waals surface area contributed by atoms with E-state index in [1.54, 1.807) is 7.11 Å². The van der Waals surface area contributed by atoms with E-state index in [0.29, 0.717) is 30.0 Å². The molecule has 3 rings (SSSR count). The fraction of sp³-hybridized carbons (Fsp3) is 0.381. The van der Waals surface area contributed by atoms with Gasteiger partial charge in [-0.15, -0.1) is 0 Å². The summed E-state index contributed by atoms with van der Waals surface area (Å²) in [5.74, 6) is 0.191. The number of rotatable bonds is 7. The number of fused-ring (bicyclic) bond motifs is 1. The summed E-state index contributed by atoms with van der Waals surface area (Å²) >= 11 is 1.46. The van der Waals surface area contributed by atoms with Crippen molar-refractivity contribution in [2.45, 2.75) is 32.7 Å². The van der Waals surface area contributed by atoms with Gasteiger partial charge in [-0.25, -0.2) is 9.79 Å². The van der Waals surface area contributed by atoms with Crippen LogP contribution in [0.4, 0.5) is 0 Å². The third-order valence-corrected chi connectivity index (χ3v) is 5.64. The zero-order valence-corrected chi connectivity index (χ0v) is 17.8. The molecule has 2 aliphatic heterocycles. The predicted molar refractivity (Wildman–Crippen MR) is 113 cm³/mol. The molecule has 1 atom stereocenters. The molecule has 7 nitrogen and oxygen atoms in total. The summed E-state index contributed by atoms with van der Waals surface area (Å²) in [6.07, 6.45) is 0.796. The number of hydrogen-bond acceptors (Lipinski definition) is 7. The summed E-state index contributed by atoms with van der Waals surface area (Å²) in [6, 6.07) is 7.13. The van der Waals surface area contributed by atoms with E-state index in [1.807, 2.05) is 48.4 Å². The molecule has 0 fully saturated rings. The smallest absolute Gasteiger partial charge is 0.338 e. The Morgan fingerprint density at radius 2 is 2.07 bits per heavy atom. The zero-order chi connectivity index (χ0) is 21.0. The van der Waals surface area contributed by atoms with Crippen LogP contribution in [0.5, 0.6) is 5.75 Å². The Hall–Kier alpha value is -2.74. The molecule has 1 aromatic carbocycles.